The molecule has 148 valence electrons. The molecular weight excluding hydrogens is 424 g/mol. The Bertz CT molecular complexity index is 955. The molecule has 0 aliphatic carbocycles. The van der Waals surface area contributed by atoms with Crippen molar-refractivity contribution in [3.63, 3.8) is 0 Å². The molecule has 1 fully saturated rings. The van der Waals surface area contributed by atoms with Crippen LogP contribution < -0.4 is 5.32 Å². The Balaban J connectivity index is 1.77. The lowest BCUT2D eigenvalue weighted by Gasteiger charge is -2.29. The molecule has 0 amide bonds. The Labute approximate surface area is 174 Å². The molecule has 1 aliphatic rings. The number of sulfone groups is 1. The van der Waals surface area contributed by atoms with E-state index in [9.17, 15) is 8.42 Å². The van der Waals surface area contributed by atoms with Crippen LogP contribution in [0.2, 0.25) is 5.02 Å². The van der Waals surface area contributed by atoms with Crippen molar-refractivity contribution in [3.05, 3.63) is 33.2 Å². The number of benzene rings is 1. The molecule has 0 bridgehead atoms. The molecule has 1 N–H and O–H groups in total. The lowest BCUT2D eigenvalue weighted by Crippen LogP contribution is -2.40. The Morgan fingerprint density at radius 2 is 2.19 bits per heavy atom. The highest BCUT2D eigenvalue weighted by Gasteiger charge is 2.32. The van der Waals surface area contributed by atoms with Crippen LogP contribution in [0.25, 0.3) is 0 Å². The van der Waals surface area contributed by atoms with Crippen LogP contribution in [0.4, 0.5) is 10.8 Å². The summed E-state index contributed by atoms with van der Waals surface area (Å²) in [5, 5.41) is 9.05. The van der Waals surface area contributed by atoms with E-state index in [0.717, 1.165) is 12.2 Å². The molecule has 2 aromatic rings. The minimum atomic E-state index is -2.94. The molecule has 1 aliphatic heterocycles. The monoisotopic (exact) mass is 446 g/mol. The van der Waals surface area contributed by atoms with Crippen molar-refractivity contribution in [2.75, 3.05) is 23.4 Å². The average molecular weight is 447 g/mol. The van der Waals surface area contributed by atoms with Gasteiger partial charge in [-0.3, -0.25) is 4.90 Å². The van der Waals surface area contributed by atoms with E-state index in [1.807, 2.05) is 24.3 Å². The van der Waals surface area contributed by atoms with Crippen LogP contribution in [-0.4, -0.2) is 47.2 Å². The van der Waals surface area contributed by atoms with E-state index >= 15 is 0 Å². The number of halogens is 1. The number of nitrogens with zero attached hydrogens (tertiary/aromatic N) is 3. The van der Waals surface area contributed by atoms with E-state index in [1.165, 1.54) is 11.3 Å². The van der Waals surface area contributed by atoms with Gasteiger partial charge in [0.1, 0.15) is 0 Å². The smallest absolute Gasteiger partial charge is 0.209 e. The molecule has 1 aromatic carbocycles. The number of para-hydroxylation sites is 1. The van der Waals surface area contributed by atoms with Gasteiger partial charge in [0.05, 0.1) is 28.9 Å². The second-order valence-electron chi connectivity index (χ2n) is 7.14. The van der Waals surface area contributed by atoms with Crippen molar-refractivity contribution in [1.29, 1.82) is 0 Å². The third-order valence-corrected chi connectivity index (χ3v) is 7.66. The largest absolute Gasteiger partial charge is 0.329 e. The van der Waals surface area contributed by atoms with Crippen LogP contribution in [-0.2, 0) is 16.5 Å². The Morgan fingerprint density at radius 3 is 2.81 bits per heavy atom. The normalized spacial score (nSPS) is 19.1. The topological polar surface area (TPSA) is 67.2 Å². The van der Waals surface area contributed by atoms with E-state index in [4.69, 9.17) is 23.8 Å². The maximum atomic E-state index is 11.9. The zero-order chi connectivity index (χ0) is 19.6. The van der Waals surface area contributed by atoms with Crippen LogP contribution in [0.1, 0.15) is 20.3 Å². The van der Waals surface area contributed by atoms with Gasteiger partial charge in [-0.1, -0.05) is 48.9 Å². The maximum absolute atomic E-state index is 11.9. The van der Waals surface area contributed by atoms with Gasteiger partial charge in [-0.15, -0.1) is 5.10 Å². The van der Waals surface area contributed by atoms with Gasteiger partial charge < -0.3 is 5.32 Å². The third kappa shape index (κ3) is 5.51. The van der Waals surface area contributed by atoms with Crippen LogP contribution in [0.5, 0.6) is 0 Å². The summed E-state index contributed by atoms with van der Waals surface area (Å²) in [6.07, 6.45) is 0.664. The van der Waals surface area contributed by atoms with Gasteiger partial charge in [-0.05, 0) is 36.7 Å². The summed E-state index contributed by atoms with van der Waals surface area (Å²) in [5.74, 6) is 0.887. The Hall–Kier alpha value is -1.00. The summed E-state index contributed by atoms with van der Waals surface area (Å²) in [6.45, 7) is 5.53. The highest BCUT2D eigenvalue weighted by Crippen LogP contribution is 2.27. The van der Waals surface area contributed by atoms with Crippen molar-refractivity contribution in [1.82, 2.24) is 14.7 Å². The summed E-state index contributed by atoms with van der Waals surface area (Å²) in [5.41, 5.74) is 0.774. The summed E-state index contributed by atoms with van der Waals surface area (Å²) >= 11 is 13.0. The third-order valence-electron chi connectivity index (χ3n) is 4.36. The van der Waals surface area contributed by atoms with Gasteiger partial charge in [-0.2, -0.15) is 0 Å². The lowest BCUT2D eigenvalue weighted by atomic mass is 10.1. The molecule has 0 radical (unpaired) electrons. The van der Waals surface area contributed by atoms with Crippen molar-refractivity contribution < 1.29 is 8.42 Å². The molecule has 1 aromatic heterocycles. The van der Waals surface area contributed by atoms with Crippen LogP contribution in [0.3, 0.4) is 0 Å². The average Bonchev–Trinajstić information content (AvgIpc) is 3.11. The molecule has 1 atom stereocenters. The second-order valence-corrected chi connectivity index (χ2v) is 11.4. The summed E-state index contributed by atoms with van der Waals surface area (Å²) in [4.78, 5) is 2.18. The molecule has 0 unspecified atom stereocenters. The van der Waals surface area contributed by atoms with E-state index in [1.54, 1.807) is 4.68 Å². The predicted molar refractivity (Wildman–Crippen MR) is 114 cm³/mol. The number of anilines is 2. The van der Waals surface area contributed by atoms with Gasteiger partial charge in [0.15, 0.2) is 13.8 Å². The van der Waals surface area contributed by atoms with Gasteiger partial charge in [0.2, 0.25) is 5.13 Å². The molecule has 1 saturated heterocycles. The van der Waals surface area contributed by atoms with Crippen LogP contribution in [0.15, 0.2) is 24.3 Å². The molecule has 6 nitrogen and oxygen atoms in total. The van der Waals surface area contributed by atoms with Crippen molar-refractivity contribution in [2.24, 2.45) is 5.92 Å². The lowest BCUT2D eigenvalue weighted by molar-refractivity contribution is 0.138. The summed E-state index contributed by atoms with van der Waals surface area (Å²) in [7, 11) is -2.94. The van der Waals surface area contributed by atoms with E-state index < -0.39 is 9.84 Å². The van der Waals surface area contributed by atoms with E-state index in [2.05, 4.69) is 29.2 Å². The molecule has 2 heterocycles. The minimum absolute atomic E-state index is 0.0148. The number of aromatic nitrogens is 2. The number of hydrogen-bond donors (Lipinski definition) is 1. The highest BCUT2D eigenvalue weighted by molar-refractivity contribution is 7.91. The molecule has 3 rings (SSSR count). The summed E-state index contributed by atoms with van der Waals surface area (Å²) < 4.78 is 26.2. The fraction of sp³-hybridized carbons (Fsp3) is 0.529. The Morgan fingerprint density at radius 1 is 1.44 bits per heavy atom. The number of rotatable bonds is 7. The first kappa shape index (κ1) is 20.7. The van der Waals surface area contributed by atoms with Crippen LogP contribution in [0, 0.1) is 9.87 Å². The first-order valence-corrected chi connectivity index (χ1v) is 12.2. The predicted octanol–water partition coefficient (Wildman–Crippen LogP) is 4.17. The summed E-state index contributed by atoms with van der Waals surface area (Å²) in [6, 6.07) is 7.47. The van der Waals surface area contributed by atoms with Gasteiger partial charge >= 0.3 is 0 Å². The van der Waals surface area contributed by atoms with Gasteiger partial charge in [0.25, 0.3) is 0 Å². The Kier molecular flexibility index (Phi) is 6.58. The molecule has 0 saturated carbocycles. The van der Waals surface area contributed by atoms with Gasteiger partial charge in [-0.25, -0.2) is 13.1 Å². The van der Waals surface area contributed by atoms with Crippen molar-refractivity contribution in [2.45, 2.75) is 33.0 Å². The SMILES string of the molecule is CC(C)CN(Cn1nc(Nc2ccccc2Cl)sc1=S)[C@H]1CCS(=O)(=O)C1. The fourth-order valence-corrected chi connectivity index (χ4v) is 6.10. The first-order valence-electron chi connectivity index (χ1n) is 8.77. The molecule has 10 heteroatoms. The van der Waals surface area contributed by atoms with Gasteiger partial charge in [0, 0.05) is 12.6 Å². The minimum Gasteiger partial charge on any atom is -0.329 e. The fourth-order valence-electron chi connectivity index (χ4n) is 3.15. The first-order chi connectivity index (χ1) is 12.7. The van der Waals surface area contributed by atoms with Crippen LogP contribution >= 0.6 is 35.2 Å². The number of hydrogen-bond acceptors (Lipinski definition) is 7. The second kappa shape index (κ2) is 8.57. The maximum Gasteiger partial charge on any atom is 0.209 e. The zero-order valence-corrected chi connectivity index (χ0v) is 18.5. The number of nitrogens with one attached hydrogen (secondary N) is 1. The molecular formula is C17H23ClN4O2S3. The van der Waals surface area contributed by atoms with Crippen molar-refractivity contribution in [3.8, 4) is 0 Å². The standard InChI is InChI=1S/C17H23ClN4O2S3/c1-12(2)9-21(13-7-8-27(23,24)10-13)11-22-17(25)26-16(20-22)19-15-6-4-3-5-14(15)18/h3-6,12-13H,7-11H2,1-2H3,(H,19,20)/t13-/m0/s1. The highest BCUT2D eigenvalue weighted by atomic mass is 35.5. The zero-order valence-electron chi connectivity index (χ0n) is 15.3. The van der Waals surface area contributed by atoms with E-state index in [0.29, 0.717) is 33.1 Å². The van der Waals surface area contributed by atoms with E-state index in [-0.39, 0.29) is 17.5 Å². The molecule has 0 spiro atoms. The molecule has 27 heavy (non-hydrogen) atoms. The van der Waals surface area contributed by atoms with Crippen molar-refractivity contribution >= 4 is 55.8 Å². The quantitative estimate of drug-likeness (QED) is 0.643.